The molecule has 3 heterocycles. The Hall–Kier alpha value is -1.47. The molecule has 0 aromatic carbocycles. The number of piperidine rings is 1. The number of nitrogens with one attached hydrogen (secondary N) is 2. The van der Waals surface area contributed by atoms with Crippen LogP contribution in [-0.4, -0.2) is 53.2 Å². The van der Waals surface area contributed by atoms with Crippen molar-refractivity contribution in [2.24, 2.45) is 5.92 Å². The molecule has 1 amide bonds. The third-order valence-corrected chi connectivity index (χ3v) is 4.88. The minimum absolute atomic E-state index is 0.0148. The van der Waals surface area contributed by atoms with Gasteiger partial charge in [0.2, 0.25) is 11.8 Å². The van der Waals surface area contributed by atoms with Crippen LogP contribution in [0.5, 0.6) is 0 Å². The van der Waals surface area contributed by atoms with Crippen LogP contribution in [0.25, 0.3) is 0 Å². The number of hydrogen-bond acceptors (Lipinski definition) is 6. The van der Waals surface area contributed by atoms with Gasteiger partial charge in [0.25, 0.3) is 0 Å². The lowest BCUT2D eigenvalue weighted by Crippen LogP contribution is -2.45. The average molecular weight is 335 g/mol. The van der Waals surface area contributed by atoms with Crippen molar-refractivity contribution in [2.45, 2.75) is 58.0 Å². The highest BCUT2D eigenvalue weighted by Gasteiger charge is 2.25. The van der Waals surface area contributed by atoms with Crippen molar-refractivity contribution in [3.63, 3.8) is 0 Å². The molecule has 24 heavy (non-hydrogen) atoms. The molecule has 0 radical (unpaired) electrons. The van der Waals surface area contributed by atoms with Gasteiger partial charge in [0.1, 0.15) is 0 Å². The highest BCUT2D eigenvalue weighted by molar-refractivity contribution is 5.81. The van der Waals surface area contributed by atoms with E-state index in [1.54, 1.807) is 0 Å². The van der Waals surface area contributed by atoms with E-state index in [-0.39, 0.29) is 11.9 Å². The molecule has 2 aliphatic heterocycles. The number of amides is 1. The maximum atomic E-state index is 12.1. The summed E-state index contributed by atoms with van der Waals surface area (Å²) in [7, 11) is 0. The Bertz CT molecular complexity index is 527. The lowest BCUT2D eigenvalue weighted by molar-refractivity contribution is -0.123. The zero-order valence-electron chi connectivity index (χ0n) is 14.6. The average Bonchev–Trinajstić information content (AvgIpc) is 3.26. The molecule has 0 aliphatic carbocycles. The number of likely N-dealkylation sites (tertiary alicyclic amines) is 1. The quantitative estimate of drug-likeness (QED) is 0.776. The lowest BCUT2D eigenvalue weighted by Gasteiger charge is -2.32. The summed E-state index contributed by atoms with van der Waals surface area (Å²) in [5, 5.41) is 10.4. The van der Waals surface area contributed by atoms with Crippen molar-refractivity contribution in [3.05, 3.63) is 11.7 Å². The molecule has 2 fully saturated rings. The monoisotopic (exact) mass is 335 g/mol. The molecule has 2 saturated heterocycles. The van der Waals surface area contributed by atoms with E-state index in [0.717, 1.165) is 76.5 Å². The summed E-state index contributed by atoms with van der Waals surface area (Å²) in [5.74, 6) is 2.17. The summed E-state index contributed by atoms with van der Waals surface area (Å²) < 4.78 is 5.26. The zero-order valence-corrected chi connectivity index (χ0v) is 14.6. The van der Waals surface area contributed by atoms with Crippen LogP contribution in [0, 0.1) is 5.92 Å². The van der Waals surface area contributed by atoms with E-state index in [9.17, 15) is 4.79 Å². The fraction of sp³-hybridized carbons (Fsp3) is 0.824. The highest BCUT2D eigenvalue weighted by Crippen LogP contribution is 2.18. The molecule has 7 heteroatoms. The second-order valence-electron chi connectivity index (χ2n) is 6.99. The SMILES string of the molecule is CCCc1nc(CN2CCCC(CNC(=O)C3CCCN3)C2)no1. The molecule has 3 rings (SSSR count). The van der Waals surface area contributed by atoms with E-state index in [2.05, 4.69) is 32.6 Å². The van der Waals surface area contributed by atoms with E-state index >= 15 is 0 Å². The number of nitrogens with zero attached hydrogens (tertiary/aromatic N) is 3. The fourth-order valence-electron chi connectivity index (χ4n) is 3.61. The molecule has 2 N–H and O–H groups in total. The predicted molar refractivity (Wildman–Crippen MR) is 90.3 cm³/mol. The van der Waals surface area contributed by atoms with Crippen molar-refractivity contribution in [2.75, 3.05) is 26.2 Å². The van der Waals surface area contributed by atoms with Crippen molar-refractivity contribution >= 4 is 5.91 Å². The molecule has 0 spiro atoms. The maximum absolute atomic E-state index is 12.1. The van der Waals surface area contributed by atoms with Gasteiger partial charge in [0.15, 0.2) is 5.82 Å². The number of carbonyl (C=O) groups excluding carboxylic acids is 1. The van der Waals surface area contributed by atoms with Gasteiger partial charge in [0.05, 0.1) is 12.6 Å². The van der Waals surface area contributed by atoms with E-state index < -0.39 is 0 Å². The minimum Gasteiger partial charge on any atom is -0.354 e. The molecular weight excluding hydrogens is 306 g/mol. The standard InChI is InChI=1S/C17H29N5O2/c1-2-5-16-20-15(21-24-16)12-22-9-4-6-13(11-22)10-19-17(23)14-7-3-8-18-14/h13-14,18H,2-12H2,1H3,(H,19,23). The Labute approximate surface area is 143 Å². The Balaban J connectivity index is 1.42. The number of aryl methyl sites for hydroxylation is 1. The first-order valence-corrected chi connectivity index (χ1v) is 9.29. The van der Waals surface area contributed by atoms with Gasteiger partial charge >= 0.3 is 0 Å². The van der Waals surface area contributed by atoms with Gasteiger partial charge in [0, 0.05) is 19.5 Å². The van der Waals surface area contributed by atoms with Gasteiger partial charge in [-0.05, 0) is 51.1 Å². The van der Waals surface area contributed by atoms with Crippen LogP contribution in [0.4, 0.5) is 0 Å². The molecule has 0 saturated carbocycles. The van der Waals surface area contributed by atoms with Gasteiger partial charge in [-0.2, -0.15) is 4.98 Å². The maximum Gasteiger partial charge on any atom is 0.237 e. The fourth-order valence-corrected chi connectivity index (χ4v) is 3.61. The number of rotatable bonds is 7. The second kappa shape index (κ2) is 8.58. The summed E-state index contributed by atoms with van der Waals surface area (Å²) in [6.45, 7) is 6.61. The van der Waals surface area contributed by atoms with Crippen LogP contribution in [0.1, 0.15) is 50.7 Å². The zero-order chi connectivity index (χ0) is 16.8. The largest absolute Gasteiger partial charge is 0.354 e. The van der Waals surface area contributed by atoms with E-state index in [4.69, 9.17) is 4.52 Å². The van der Waals surface area contributed by atoms with Crippen LogP contribution < -0.4 is 10.6 Å². The summed E-state index contributed by atoms with van der Waals surface area (Å²) in [6.07, 6.45) is 6.24. The Morgan fingerprint density at radius 2 is 2.33 bits per heavy atom. The molecule has 1 aromatic rings. The Morgan fingerprint density at radius 1 is 1.42 bits per heavy atom. The van der Waals surface area contributed by atoms with Gasteiger partial charge in [-0.25, -0.2) is 0 Å². The molecule has 2 atom stereocenters. The number of aromatic nitrogens is 2. The molecule has 1 aromatic heterocycles. The smallest absolute Gasteiger partial charge is 0.237 e. The van der Waals surface area contributed by atoms with Gasteiger partial charge in [-0.1, -0.05) is 12.1 Å². The minimum atomic E-state index is 0.0148. The molecular formula is C17H29N5O2. The molecule has 7 nitrogen and oxygen atoms in total. The van der Waals surface area contributed by atoms with E-state index in [1.807, 2.05) is 0 Å². The van der Waals surface area contributed by atoms with Gasteiger partial charge in [-0.15, -0.1) is 0 Å². The molecule has 134 valence electrons. The first-order chi connectivity index (χ1) is 11.7. The topological polar surface area (TPSA) is 83.3 Å². The number of hydrogen-bond donors (Lipinski definition) is 2. The Morgan fingerprint density at radius 3 is 3.12 bits per heavy atom. The Kier molecular flexibility index (Phi) is 6.20. The molecule has 0 bridgehead atoms. The van der Waals surface area contributed by atoms with E-state index in [1.165, 1.54) is 6.42 Å². The van der Waals surface area contributed by atoms with Crippen molar-refractivity contribution < 1.29 is 9.32 Å². The van der Waals surface area contributed by atoms with Crippen molar-refractivity contribution in [1.82, 2.24) is 25.7 Å². The first kappa shape index (κ1) is 17.4. The summed E-state index contributed by atoms with van der Waals surface area (Å²) >= 11 is 0. The van der Waals surface area contributed by atoms with Crippen LogP contribution in [0.3, 0.4) is 0 Å². The van der Waals surface area contributed by atoms with Crippen LogP contribution >= 0.6 is 0 Å². The summed E-state index contributed by atoms with van der Waals surface area (Å²) in [4.78, 5) is 18.9. The first-order valence-electron chi connectivity index (χ1n) is 9.29. The third kappa shape index (κ3) is 4.77. The normalized spacial score (nSPS) is 25.0. The lowest BCUT2D eigenvalue weighted by atomic mass is 9.98. The van der Waals surface area contributed by atoms with Gasteiger partial charge < -0.3 is 15.2 Å². The van der Waals surface area contributed by atoms with Crippen LogP contribution in [0.15, 0.2) is 4.52 Å². The van der Waals surface area contributed by atoms with Crippen LogP contribution in [0.2, 0.25) is 0 Å². The molecule has 2 aliphatic rings. The predicted octanol–water partition coefficient (Wildman–Crippen LogP) is 1.10. The van der Waals surface area contributed by atoms with Crippen molar-refractivity contribution in [1.29, 1.82) is 0 Å². The van der Waals surface area contributed by atoms with E-state index in [0.29, 0.717) is 5.92 Å². The number of carbonyl (C=O) groups is 1. The summed E-state index contributed by atoms with van der Waals surface area (Å²) in [6, 6.07) is 0.0148. The summed E-state index contributed by atoms with van der Waals surface area (Å²) in [5.41, 5.74) is 0. The third-order valence-electron chi connectivity index (χ3n) is 4.88. The highest BCUT2D eigenvalue weighted by atomic mass is 16.5. The second-order valence-corrected chi connectivity index (χ2v) is 6.99. The van der Waals surface area contributed by atoms with Crippen molar-refractivity contribution in [3.8, 4) is 0 Å². The molecule has 2 unspecified atom stereocenters. The van der Waals surface area contributed by atoms with Gasteiger partial charge in [-0.3, -0.25) is 9.69 Å². The van der Waals surface area contributed by atoms with Crippen LogP contribution in [-0.2, 0) is 17.8 Å².